The van der Waals surface area contributed by atoms with Gasteiger partial charge in [-0.2, -0.15) is 0 Å². The molecule has 2 aliphatic carbocycles. The standard InChI is InChI=1S/C65H38N2O/c1-2-18-44-39(14-1)15-12-23-45(44)40-16-11-17-41(36-40)66(43-31-33-51-50-22-6-10-29-60(50)68-61(51)38-43)42-30-32-49-52-24-13-27-56-62(52)63-57(65(56)54-25-7-3-19-46(54)47-20-4-8-26-55(47)65)35-34-53-48-21-5-9-28-58(48)67(64(53)63)59(49)37-42/h1-38H. The minimum atomic E-state index is -0.442. The molecule has 11 aromatic carbocycles. The van der Waals surface area contributed by atoms with Crippen molar-refractivity contribution in [2.24, 2.45) is 0 Å². The van der Waals surface area contributed by atoms with Crippen LogP contribution in [0.3, 0.4) is 0 Å². The third-order valence-electron chi connectivity index (χ3n) is 15.5. The Bertz CT molecular complexity index is 4300. The van der Waals surface area contributed by atoms with Gasteiger partial charge in [0.05, 0.1) is 22.1 Å². The van der Waals surface area contributed by atoms with Gasteiger partial charge in [0.25, 0.3) is 0 Å². The quantitative estimate of drug-likeness (QED) is 0.176. The van der Waals surface area contributed by atoms with E-state index in [-0.39, 0.29) is 0 Å². The summed E-state index contributed by atoms with van der Waals surface area (Å²) in [6.45, 7) is 0. The number of rotatable bonds is 4. The highest BCUT2D eigenvalue weighted by atomic mass is 16.3. The van der Waals surface area contributed by atoms with E-state index in [1.165, 1.54) is 93.8 Å². The summed E-state index contributed by atoms with van der Waals surface area (Å²) in [6.07, 6.45) is 0. The Balaban J connectivity index is 0.985. The van der Waals surface area contributed by atoms with Crippen LogP contribution in [0.15, 0.2) is 235 Å². The molecule has 13 aromatic rings. The van der Waals surface area contributed by atoms with Crippen molar-refractivity contribution >= 4 is 71.6 Å². The third-order valence-corrected chi connectivity index (χ3v) is 15.5. The topological polar surface area (TPSA) is 21.3 Å². The lowest BCUT2D eigenvalue weighted by molar-refractivity contribution is 0.669. The molecule has 0 unspecified atom stereocenters. The lowest BCUT2D eigenvalue weighted by Crippen LogP contribution is -2.25. The highest BCUT2D eigenvalue weighted by molar-refractivity contribution is 6.20. The molecule has 0 radical (unpaired) electrons. The summed E-state index contributed by atoms with van der Waals surface area (Å²) in [5.74, 6) is 0. The minimum absolute atomic E-state index is 0.442. The van der Waals surface area contributed by atoms with Gasteiger partial charge in [0.1, 0.15) is 11.2 Å². The average Bonchev–Trinajstić information content (AvgIpc) is 4.10. The van der Waals surface area contributed by atoms with Crippen molar-refractivity contribution < 1.29 is 4.42 Å². The van der Waals surface area contributed by atoms with Crippen LogP contribution >= 0.6 is 0 Å². The first-order valence-electron chi connectivity index (χ1n) is 23.6. The van der Waals surface area contributed by atoms with Gasteiger partial charge >= 0.3 is 0 Å². The summed E-state index contributed by atoms with van der Waals surface area (Å²) >= 11 is 0. The number of nitrogens with zero attached hydrogens (tertiary/aromatic N) is 2. The molecule has 1 spiro atoms. The molecule has 3 heteroatoms. The van der Waals surface area contributed by atoms with Crippen molar-refractivity contribution in [1.29, 1.82) is 0 Å². The second kappa shape index (κ2) is 13.1. The molecule has 3 nitrogen and oxygen atoms in total. The van der Waals surface area contributed by atoms with E-state index in [1.807, 2.05) is 6.07 Å². The van der Waals surface area contributed by atoms with E-state index in [0.717, 1.165) is 50.3 Å². The van der Waals surface area contributed by atoms with Crippen LogP contribution in [-0.2, 0) is 5.41 Å². The van der Waals surface area contributed by atoms with Crippen LogP contribution in [0.1, 0.15) is 22.3 Å². The van der Waals surface area contributed by atoms with Gasteiger partial charge in [-0.1, -0.05) is 176 Å². The molecule has 0 amide bonds. The van der Waals surface area contributed by atoms with Crippen LogP contribution in [0, 0.1) is 0 Å². The van der Waals surface area contributed by atoms with Crippen LogP contribution in [0.5, 0.6) is 0 Å². The largest absolute Gasteiger partial charge is 0.456 e. The first kappa shape index (κ1) is 36.3. The number of fused-ring (bicyclic) bond motifs is 17. The highest BCUT2D eigenvalue weighted by Crippen LogP contribution is 2.66. The Labute approximate surface area is 392 Å². The van der Waals surface area contributed by atoms with Gasteiger partial charge in [0, 0.05) is 55.8 Å². The molecular formula is C65H38N2O. The summed E-state index contributed by atoms with van der Waals surface area (Å²) in [7, 11) is 0. The van der Waals surface area contributed by atoms with Gasteiger partial charge < -0.3 is 13.9 Å². The van der Waals surface area contributed by atoms with E-state index >= 15 is 0 Å². The van der Waals surface area contributed by atoms with Gasteiger partial charge in [-0.05, 0) is 115 Å². The number of para-hydroxylation sites is 2. The summed E-state index contributed by atoms with van der Waals surface area (Å²) < 4.78 is 9.18. The zero-order chi connectivity index (χ0) is 44.2. The molecular weight excluding hydrogens is 825 g/mol. The smallest absolute Gasteiger partial charge is 0.137 e. The van der Waals surface area contributed by atoms with Gasteiger partial charge in [-0.15, -0.1) is 0 Å². The van der Waals surface area contributed by atoms with Crippen LogP contribution in [0.25, 0.3) is 105 Å². The van der Waals surface area contributed by atoms with E-state index in [4.69, 9.17) is 4.42 Å². The Morgan fingerprint density at radius 1 is 0.353 bits per heavy atom. The van der Waals surface area contributed by atoms with Crippen LogP contribution in [0.2, 0.25) is 0 Å². The number of hydrogen-bond acceptors (Lipinski definition) is 2. The Kier molecular flexibility index (Phi) is 7.01. The van der Waals surface area contributed by atoms with Crippen molar-refractivity contribution in [2.75, 3.05) is 4.90 Å². The molecule has 0 atom stereocenters. The van der Waals surface area contributed by atoms with E-state index < -0.39 is 5.41 Å². The fourth-order valence-corrected chi connectivity index (χ4v) is 12.9. The van der Waals surface area contributed by atoms with Gasteiger partial charge in [0.15, 0.2) is 0 Å². The first-order chi connectivity index (χ1) is 33.7. The predicted molar refractivity (Wildman–Crippen MR) is 281 cm³/mol. The number of furan rings is 1. The Morgan fingerprint density at radius 2 is 0.956 bits per heavy atom. The molecule has 3 heterocycles. The lowest BCUT2D eigenvalue weighted by Gasteiger charge is -2.31. The molecule has 314 valence electrons. The zero-order valence-corrected chi connectivity index (χ0v) is 36.7. The van der Waals surface area contributed by atoms with Crippen molar-refractivity contribution in [3.05, 3.63) is 253 Å². The second-order valence-corrected chi connectivity index (χ2v) is 18.7. The summed E-state index contributed by atoms with van der Waals surface area (Å²) in [5, 5.41) is 7.22. The summed E-state index contributed by atoms with van der Waals surface area (Å²) in [4.78, 5) is 2.41. The molecule has 2 aromatic heterocycles. The zero-order valence-electron chi connectivity index (χ0n) is 36.7. The van der Waals surface area contributed by atoms with Crippen LogP contribution in [0.4, 0.5) is 17.1 Å². The predicted octanol–water partition coefficient (Wildman–Crippen LogP) is 17.3. The Morgan fingerprint density at radius 3 is 1.84 bits per heavy atom. The minimum Gasteiger partial charge on any atom is -0.456 e. The molecule has 0 bridgehead atoms. The number of hydrogen-bond donors (Lipinski definition) is 0. The maximum absolute atomic E-state index is 6.59. The van der Waals surface area contributed by atoms with Gasteiger partial charge in [-0.3, -0.25) is 0 Å². The van der Waals surface area contributed by atoms with E-state index in [0.29, 0.717) is 0 Å². The molecule has 0 saturated carbocycles. The van der Waals surface area contributed by atoms with Crippen LogP contribution < -0.4 is 4.90 Å². The fraction of sp³-hybridized carbons (Fsp3) is 0.0154. The van der Waals surface area contributed by atoms with Crippen molar-refractivity contribution in [2.45, 2.75) is 5.41 Å². The molecule has 0 N–H and O–H groups in total. The SMILES string of the molecule is c1cc(-c2cccc3ccccc23)cc(N(c2ccc3c(c2)-n2c4ccccc4c4ccc5c(c42)-c2c-3cccc2C52c3ccccc3-c3ccccc32)c2ccc3c(c2)oc2ccccc23)c1. The molecule has 68 heavy (non-hydrogen) atoms. The second-order valence-electron chi connectivity index (χ2n) is 18.7. The first-order valence-corrected chi connectivity index (χ1v) is 23.6. The highest BCUT2D eigenvalue weighted by Gasteiger charge is 2.53. The molecule has 3 aliphatic rings. The number of benzene rings is 11. The Hall–Kier alpha value is -8.92. The maximum Gasteiger partial charge on any atom is 0.137 e. The molecule has 0 fully saturated rings. The monoisotopic (exact) mass is 862 g/mol. The average molecular weight is 863 g/mol. The van der Waals surface area contributed by atoms with Crippen molar-refractivity contribution in [1.82, 2.24) is 4.57 Å². The van der Waals surface area contributed by atoms with Crippen molar-refractivity contribution in [3.8, 4) is 50.2 Å². The molecule has 0 saturated heterocycles. The van der Waals surface area contributed by atoms with Gasteiger partial charge in [-0.25, -0.2) is 0 Å². The maximum atomic E-state index is 6.59. The third kappa shape index (κ3) is 4.53. The summed E-state index contributed by atoms with van der Waals surface area (Å²) in [5.41, 5.74) is 23.7. The molecule has 1 aliphatic heterocycles. The lowest BCUT2D eigenvalue weighted by atomic mass is 9.70. The number of aromatic nitrogens is 1. The van der Waals surface area contributed by atoms with Crippen LogP contribution in [-0.4, -0.2) is 4.57 Å². The van der Waals surface area contributed by atoms with Crippen molar-refractivity contribution in [3.63, 3.8) is 0 Å². The molecule has 16 rings (SSSR count). The summed E-state index contributed by atoms with van der Waals surface area (Å²) in [6, 6.07) is 85.6. The van der Waals surface area contributed by atoms with E-state index in [9.17, 15) is 0 Å². The van der Waals surface area contributed by atoms with Gasteiger partial charge in [0.2, 0.25) is 0 Å². The number of anilines is 3. The van der Waals surface area contributed by atoms with E-state index in [1.54, 1.807) is 0 Å². The normalized spacial score (nSPS) is 13.4. The van der Waals surface area contributed by atoms with E-state index in [2.05, 4.69) is 234 Å². The fourth-order valence-electron chi connectivity index (χ4n) is 12.9.